The van der Waals surface area contributed by atoms with Gasteiger partial charge in [0.05, 0.1) is 13.7 Å². The summed E-state index contributed by atoms with van der Waals surface area (Å²) in [5, 5.41) is 2.96. The van der Waals surface area contributed by atoms with Gasteiger partial charge in [-0.2, -0.15) is 0 Å². The molecule has 22 heavy (non-hydrogen) atoms. The zero-order valence-electron chi connectivity index (χ0n) is 13.4. The minimum atomic E-state index is 0.0650. The molecule has 0 aliphatic heterocycles. The lowest BCUT2D eigenvalue weighted by atomic mass is 10.00. The van der Waals surface area contributed by atoms with Gasteiger partial charge in [0.2, 0.25) is 5.91 Å². The van der Waals surface area contributed by atoms with Crippen LogP contribution >= 0.6 is 0 Å². The molecule has 1 aliphatic rings. The van der Waals surface area contributed by atoms with E-state index in [1.807, 2.05) is 25.1 Å². The second-order valence-electron chi connectivity index (χ2n) is 5.75. The summed E-state index contributed by atoms with van der Waals surface area (Å²) in [7, 11) is 1.61. The van der Waals surface area contributed by atoms with Crippen molar-refractivity contribution >= 4 is 5.91 Å². The Morgan fingerprint density at radius 2 is 2.18 bits per heavy atom. The standard InChI is InChI=1S/C17H26N2O3/c1-3-22-15-8-7-12(9-16(15)21-2)11-19-17(20)10-13-5-4-6-14(13)18/h7-9,13-14H,3-6,10-11,18H2,1-2H3,(H,19,20)/t13-,14+/m0/s1. The number of rotatable bonds is 7. The molecule has 0 spiro atoms. The van der Waals surface area contributed by atoms with E-state index in [1.54, 1.807) is 7.11 Å². The maximum Gasteiger partial charge on any atom is 0.220 e. The molecular weight excluding hydrogens is 280 g/mol. The van der Waals surface area contributed by atoms with E-state index >= 15 is 0 Å². The Bertz CT molecular complexity index is 505. The molecule has 5 heteroatoms. The summed E-state index contributed by atoms with van der Waals surface area (Å²) in [6.07, 6.45) is 3.75. The zero-order valence-corrected chi connectivity index (χ0v) is 13.4. The van der Waals surface area contributed by atoms with Crippen LogP contribution in [0.4, 0.5) is 0 Å². The number of carbonyl (C=O) groups is 1. The van der Waals surface area contributed by atoms with E-state index in [2.05, 4.69) is 5.32 Å². The predicted octanol–water partition coefficient (Wildman–Crippen LogP) is 2.23. The number of hydrogen-bond donors (Lipinski definition) is 2. The van der Waals surface area contributed by atoms with Crippen LogP contribution in [0.5, 0.6) is 11.5 Å². The highest BCUT2D eigenvalue weighted by Gasteiger charge is 2.25. The van der Waals surface area contributed by atoms with Crippen LogP contribution in [-0.2, 0) is 11.3 Å². The number of methoxy groups -OCH3 is 1. The van der Waals surface area contributed by atoms with Crippen molar-refractivity contribution in [2.45, 2.75) is 45.2 Å². The predicted molar refractivity (Wildman–Crippen MR) is 85.9 cm³/mol. The van der Waals surface area contributed by atoms with E-state index in [1.165, 1.54) is 0 Å². The highest BCUT2D eigenvalue weighted by atomic mass is 16.5. The first-order valence-corrected chi connectivity index (χ1v) is 7.96. The molecule has 1 aromatic rings. The molecule has 0 aromatic heterocycles. The topological polar surface area (TPSA) is 73.6 Å². The minimum Gasteiger partial charge on any atom is -0.493 e. The number of benzene rings is 1. The molecule has 122 valence electrons. The molecule has 0 heterocycles. The van der Waals surface area contributed by atoms with Crippen LogP contribution in [0.25, 0.3) is 0 Å². The Hall–Kier alpha value is -1.75. The molecule has 1 fully saturated rings. The normalized spacial score (nSPS) is 20.7. The van der Waals surface area contributed by atoms with Crippen molar-refractivity contribution in [3.8, 4) is 11.5 Å². The summed E-state index contributed by atoms with van der Waals surface area (Å²) in [6, 6.07) is 5.88. The molecule has 5 nitrogen and oxygen atoms in total. The van der Waals surface area contributed by atoms with Crippen LogP contribution < -0.4 is 20.5 Å². The fraction of sp³-hybridized carbons (Fsp3) is 0.588. The van der Waals surface area contributed by atoms with E-state index in [0.717, 1.165) is 30.6 Å². The molecule has 2 rings (SSSR count). The van der Waals surface area contributed by atoms with E-state index in [9.17, 15) is 4.79 Å². The largest absolute Gasteiger partial charge is 0.493 e. The molecule has 1 amide bonds. The van der Waals surface area contributed by atoms with Gasteiger partial charge in [0.15, 0.2) is 11.5 Å². The van der Waals surface area contributed by atoms with Gasteiger partial charge in [0.25, 0.3) is 0 Å². The zero-order chi connectivity index (χ0) is 15.9. The van der Waals surface area contributed by atoms with Crippen molar-refractivity contribution in [2.75, 3.05) is 13.7 Å². The Morgan fingerprint density at radius 1 is 1.36 bits per heavy atom. The third-order valence-electron chi connectivity index (χ3n) is 4.18. The highest BCUT2D eigenvalue weighted by molar-refractivity contribution is 5.76. The van der Waals surface area contributed by atoms with Crippen LogP contribution in [-0.4, -0.2) is 25.7 Å². The first-order chi connectivity index (χ1) is 10.6. The van der Waals surface area contributed by atoms with Crippen molar-refractivity contribution in [2.24, 2.45) is 11.7 Å². The SMILES string of the molecule is CCOc1ccc(CNC(=O)C[C@@H]2CCC[C@H]2N)cc1OC. The second kappa shape index (κ2) is 8.03. The van der Waals surface area contributed by atoms with Crippen molar-refractivity contribution in [1.82, 2.24) is 5.32 Å². The number of carbonyl (C=O) groups excluding carboxylic acids is 1. The third-order valence-corrected chi connectivity index (χ3v) is 4.18. The fourth-order valence-electron chi connectivity index (χ4n) is 2.93. The Balaban J connectivity index is 1.86. The number of ether oxygens (including phenoxy) is 2. The van der Waals surface area contributed by atoms with Gasteiger partial charge >= 0.3 is 0 Å². The van der Waals surface area contributed by atoms with Crippen LogP contribution in [0.1, 0.15) is 38.2 Å². The van der Waals surface area contributed by atoms with Gasteiger partial charge in [-0.05, 0) is 43.4 Å². The van der Waals surface area contributed by atoms with Gasteiger partial charge in [-0.3, -0.25) is 4.79 Å². The van der Waals surface area contributed by atoms with Crippen molar-refractivity contribution < 1.29 is 14.3 Å². The Labute approximate surface area is 132 Å². The average Bonchev–Trinajstić information content (AvgIpc) is 2.91. The Morgan fingerprint density at radius 3 is 2.82 bits per heavy atom. The molecule has 1 aromatic carbocycles. The first-order valence-electron chi connectivity index (χ1n) is 7.96. The number of amides is 1. The average molecular weight is 306 g/mol. The highest BCUT2D eigenvalue weighted by Crippen LogP contribution is 2.28. The van der Waals surface area contributed by atoms with Gasteiger partial charge in [-0.1, -0.05) is 12.5 Å². The molecular formula is C17H26N2O3. The molecule has 1 aliphatic carbocycles. The van der Waals surface area contributed by atoms with Gasteiger partial charge in [0.1, 0.15) is 0 Å². The number of nitrogens with two attached hydrogens (primary N) is 1. The monoisotopic (exact) mass is 306 g/mol. The van der Waals surface area contributed by atoms with Gasteiger partial charge in [0, 0.05) is 19.0 Å². The van der Waals surface area contributed by atoms with E-state index in [-0.39, 0.29) is 11.9 Å². The summed E-state index contributed by atoms with van der Waals surface area (Å²) < 4.78 is 10.8. The fourth-order valence-corrected chi connectivity index (χ4v) is 2.93. The van der Waals surface area contributed by atoms with E-state index in [0.29, 0.717) is 31.2 Å². The van der Waals surface area contributed by atoms with E-state index in [4.69, 9.17) is 15.2 Å². The van der Waals surface area contributed by atoms with Crippen molar-refractivity contribution in [1.29, 1.82) is 0 Å². The van der Waals surface area contributed by atoms with Crippen LogP contribution in [0.3, 0.4) is 0 Å². The summed E-state index contributed by atoms with van der Waals surface area (Å²) in [4.78, 5) is 12.0. The molecule has 0 unspecified atom stereocenters. The lowest BCUT2D eigenvalue weighted by Crippen LogP contribution is -2.31. The summed E-state index contributed by atoms with van der Waals surface area (Å²) >= 11 is 0. The molecule has 2 atom stereocenters. The smallest absolute Gasteiger partial charge is 0.220 e. The second-order valence-corrected chi connectivity index (χ2v) is 5.75. The Kier molecular flexibility index (Phi) is 6.07. The van der Waals surface area contributed by atoms with Crippen molar-refractivity contribution in [3.63, 3.8) is 0 Å². The van der Waals surface area contributed by atoms with Crippen LogP contribution in [0, 0.1) is 5.92 Å². The lowest BCUT2D eigenvalue weighted by Gasteiger charge is -2.15. The molecule has 0 radical (unpaired) electrons. The number of hydrogen-bond acceptors (Lipinski definition) is 4. The minimum absolute atomic E-state index is 0.0650. The summed E-state index contributed by atoms with van der Waals surface area (Å²) in [5.74, 6) is 1.80. The van der Waals surface area contributed by atoms with Crippen LogP contribution in [0.2, 0.25) is 0 Å². The maximum atomic E-state index is 12.0. The first kappa shape index (κ1) is 16.6. The number of nitrogens with one attached hydrogen (secondary N) is 1. The molecule has 0 bridgehead atoms. The lowest BCUT2D eigenvalue weighted by molar-refractivity contribution is -0.122. The van der Waals surface area contributed by atoms with Gasteiger partial charge < -0.3 is 20.5 Å². The van der Waals surface area contributed by atoms with E-state index < -0.39 is 0 Å². The summed E-state index contributed by atoms with van der Waals surface area (Å²) in [5.41, 5.74) is 7.00. The van der Waals surface area contributed by atoms with Crippen LogP contribution in [0.15, 0.2) is 18.2 Å². The maximum absolute atomic E-state index is 12.0. The van der Waals surface area contributed by atoms with Gasteiger partial charge in [-0.25, -0.2) is 0 Å². The van der Waals surface area contributed by atoms with Crippen molar-refractivity contribution in [3.05, 3.63) is 23.8 Å². The molecule has 1 saturated carbocycles. The van der Waals surface area contributed by atoms with Gasteiger partial charge in [-0.15, -0.1) is 0 Å². The summed E-state index contributed by atoms with van der Waals surface area (Å²) in [6.45, 7) is 3.01. The third kappa shape index (κ3) is 4.37. The molecule has 3 N–H and O–H groups in total. The quantitative estimate of drug-likeness (QED) is 0.810. The molecule has 0 saturated heterocycles.